The van der Waals surface area contributed by atoms with E-state index in [0.29, 0.717) is 25.9 Å². The predicted octanol–water partition coefficient (Wildman–Crippen LogP) is -0.280. The third-order valence-electron chi connectivity index (χ3n) is 2.08. The summed E-state index contributed by atoms with van der Waals surface area (Å²) >= 11 is 0. The molecule has 1 heterocycles. The Morgan fingerprint density at radius 3 is 2.21 bits per heavy atom. The maximum absolute atomic E-state index is 11.1. The molecule has 0 radical (unpaired) electrons. The maximum Gasteiger partial charge on any atom is 0.264 e. The molecular weight excluding hydrogens is 226 g/mol. The van der Waals surface area contributed by atoms with Gasteiger partial charge >= 0.3 is 0 Å². The minimum absolute atomic E-state index is 0.246. The van der Waals surface area contributed by atoms with Crippen LogP contribution in [0.5, 0.6) is 0 Å². The first-order valence-electron chi connectivity index (χ1n) is 4.35. The molecule has 0 amide bonds. The molecule has 0 saturated carbocycles. The monoisotopic (exact) mass is 241 g/mol. The van der Waals surface area contributed by atoms with E-state index in [1.165, 1.54) is 0 Å². The Hall–Kier alpha value is 0.0200. The molecule has 1 unspecified atom stereocenters. The van der Waals surface area contributed by atoms with Crippen molar-refractivity contribution in [2.24, 2.45) is 0 Å². The zero-order valence-corrected chi connectivity index (χ0v) is 9.94. The van der Waals surface area contributed by atoms with E-state index in [9.17, 15) is 12.6 Å². The summed E-state index contributed by atoms with van der Waals surface area (Å²) < 4.78 is 39.4. The van der Waals surface area contributed by atoms with E-state index in [4.69, 9.17) is 4.18 Å². The standard InChI is InChI=1S/C7H15NO4S2/c1-13(9)8-5-3-7(4-6-8)12-14(2,10)11/h7H,3-6H2,1-2H3. The molecule has 0 aromatic heterocycles. The minimum Gasteiger partial charge on any atom is -0.267 e. The predicted molar refractivity (Wildman–Crippen MR) is 54.6 cm³/mol. The van der Waals surface area contributed by atoms with Crippen molar-refractivity contribution in [1.29, 1.82) is 0 Å². The van der Waals surface area contributed by atoms with Gasteiger partial charge in [-0.3, -0.25) is 4.18 Å². The first-order chi connectivity index (χ1) is 6.38. The van der Waals surface area contributed by atoms with E-state index in [0.717, 1.165) is 6.26 Å². The maximum atomic E-state index is 11.1. The quantitative estimate of drug-likeness (QED) is 0.638. The molecule has 1 fully saturated rings. The van der Waals surface area contributed by atoms with Crippen molar-refractivity contribution in [1.82, 2.24) is 4.31 Å². The van der Waals surface area contributed by atoms with Gasteiger partial charge in [-0.25, -0.2) is 8.51 Å². The van der Waals surface area contributed by atoms with E-state index in [1.807, 2.05) is 4.31 Å². The number of hydrogen-bond donors (Lipinski definition) is 0. The Morgan fingerprint density at radius 1 is 1.36 bits per heavy atom. The van der Waals surface area contributed by atoms with Crippen LogP contribution in [-0.4, -0.2) is 48.6 Å². The summed E-state index contributed by atoms with van der Waals surface area (Å²) in [5.41, 5.74) is 0. The fraction of sp³-hybridized carbons (Fsp3) is 1.00. The van der Waals surface area contributed by atoms with E-state index >= 15 is 0 Å². The van der Waals surface area contributed by atoms with Crippen molar-refractivity contribution in [3.63, 3.8) is 0 Å². The first-order valence-corrected chi connectivity index (χ1v) is 7.68. The SMILES string of the molecule is CS(=O)N1CCC(OS(C)(=O)=O)CC1. The smallest absolute Gasteiger partial charge is 0.264 e. The second kappa shape index (κ2) is 4.69. The minimum atomic E-state index is -3.36. The molecule has 0 aromatic carbocycles. The van der Waals surface area contributed by atoms with Crippen LogP contribution >= 0.6 is 0 Å². The van der Waals surface area contributed by atoms with Gasteiger partial charge < -0.3 is 0 Å². The number of piperidine rings is 1. The van der Waals surface area contributed by atoms with Gasteiger partial charge in [-0.05, 0) is 12.8 Å². The van der Waals surface area contributed by atoms with Crippen LogP contribution in [0.25, 0.3) is 0 Å². The fourth-order valence-corrected chi connectivity index (χ4v) is 2.84. The highest BCUT2D eigenvalue weighted by Gasteiger charge is 2.24. The van der Waals surface area contributed by atoms with Crippen LogP contribution in [0.2, 0.25) is 0 Å². The van der Waals surface area contributed by atoms with Crippen LogP contribution in [-0.2, 0) is 25.3 Å². The lowest BCUT2D eigenvalue weighted by Crippen LogP contribution is -2.38. The third-order valence-corrected chi connectivity index (χ3v) is 3.79. The Balaban J connectivity index is 2.40. The van der Waals surface area contributed by atoms with Gasteiger partial charge in [0.05, 0.1) is 23.3 Å². The van der Waals surface area contributed by atoms with Crippen LogP contribution in [0.3, 0.4) is 0 Å². The molecule has 0 N–H and O–H groups in total. The summed E-state index contributed by atoms with van der Waals surface area (Å²) in [6.07, 6.45) is 3.67. The lowest BCUT2D eigenvalue weighted by atomic mass is 10.1. The molecule has 5 nitrogen and oxygen atoms in total. The van der Waals surface area contributed by atoms with Crippen LogP contribution in [0, 0.1) is 0 Å². The van der Waals surface area contributed by atoms with Gasteiger partial charge in [-0.2, -0.15) is 8.42 Å². The first kappa shape index (κ1) is 12.1. The van der Waals surface area contributed by atoms with Gasteiger partial charge in [-0.1, -0.05) is 0 Å². The average Bonchev–Trinajstić information content (AvgIpc) is 2.02. The average molecular weight is 241 g/mol. The van der Waals surface area contributed by atoms with Gasteiger partial charge in [0.1, 0.15) is 0 Å². The highest BCUT2D eigenvalue weighted by molar-refractivity contribution is 7.86. The molecule has 14 heavy (non-hydrogen) atoms. The van der Waals surface area contributed by atoms with Gasteiger partial charge in [0.15, 0.2) is 0 Å². The van der Waals surface area contributed by atoms with E-state index in [1.54, 1.807) is 6.26 Å². The molecule has 1 saturated heterocycles. The van der Waals surface area contributed by atoms with Gasteiger partial charge in [0, 0.05) is 19.3 Å². The third kappa shape index (κ3) is 4.04. The molecule has 1 aliphatic rings. The summed E-state index contributed by atoms with van der Waals surface area (Å²) in [5.74, 6) is 0. The van der Waals surface area contributed by atoms with Gasteiger partial charge in [0.2, 0.25) is 0 Å². The molecule has 1 atom stereocenters. The van der Waals surface area contributed by atoms with Crippen LogP contribution in [0.15, 0.2) is 0 Å². The molecule has 0 aliphatic carbocycles. The van der Waals surface area contributed by atoms with E-state index in [2.05, 4.69) is 0 Å². The summed E-state index contributed by atoms with van der Waals surface area (Å²) in [5, 5.41) is 0. The number of nitrogens with zero attached hydrogens (tertiary/aromatic N) is 1. The van der Waals surface area contributed by atoms with Crippen LogP contribution in [0.1, 0.15) is 12.8 Å². The molecular formula is C7H15NO4S2. The second-order valence-corrected chi connectivity index (χ2v) is 6.32. The Bertz CT molecular complexity index is 306. The summed E-state index contributed by atoms with van der Waals surface area (Å²) in [4.78, 5) is 0. The molecule has 0 bridgehead atoms. The molecule has 1 rings (SSSR count). The second-order valence-electron chi connectivity index (χ2n) is 3.35. The van der Waals surface area contributed by atoms with Gasteiger partial charge in [-0.15, -0.1) is 0 Å². The Kier molecular flexibility index (Phi) is 4.05. The van der Waals surface area contributed by atoms with Crippen LogP contribution < -0.4 is 0 Å². The summed E-state index contributed by atoms with van der Waals surface area (Å²) in [7, 11) is -4.32. The highest BCUT2D eigenvalue weighted by atomic mass is 32.2. The normalized spacial score (nSPS) is 23.6. The summed E-state index contributed by atoms with van der Waals surface area (Å²) in [6, 6.07) is 0. The number of hydrogen-bond acceptors (Lipinski definition) is 4. The van der Waals surface area contributed by atoms with E-state index < -0.39 is 21.1 Å². The van der Waals surface area contributed by atoms with Crippen molar-refractivity contribution in [3.8, 4) is 0 Å². The van der Waals surface area contributed by atoms with E-state index in [-0.39, 0.29) is 6.10 Å². The zero-order valence-electron chi connectivity index (χ0n) is 8.30. The highest BCUT2D eigenvalue weighted by Crippen LogP contribution is 2.15. The van der Waals surface area contributed by atoms with Crippen molar-refractivity contribution in [2.75, 3.05) is 25.6 Å². The van der Waals surface area contributed by atoms with Crippen molar-refractivity contribution in [2.45, 2.75) is 18.9 Å². The fourth-order valence-electron chi connectivity index (χ4n) is 1.43. The molecule has 84 valence electrons. The summed E-state index contributed by atoms with van der Waals surface area (Å²) in [6.45, 7) is 1.26. The van der Waals surface area contributed by atoms with Gasteiger partial charge in [0.25, 0.3) is 10.1 Å². The lowest BCUT2D eigenvalue weighted by Gasteiger charge is -2.28. The Morgan fingerprint density at radius 2 is 1.86 bits per heavy atom. The molecule has 0 aromatic rings. The Labute approximate surface area is 87.1 Å². The number of rotatable bonds is 3. The topological polar surface area (TPSA) is 63.7 Å². The van der Waals surface area contributed by atoms with Crippen molar-refractivity contribution < 1.29 is 16.8 Å². The molecule has 0 spiro atoms. The zero-order chi connectivity index (χ0) is 10.8. The lowest BCUT2D eigenvalue weighted by molar-refractivity contribution is 0.145. The largest absolute Gasteiger partial charge is 0.267 e. The van der Waals surface area contributed by atoms with Crippen molar-refractivity contribution in [3.05, 3.63) is 0 Å². The van der Waals surface area contributed by atoms with Crippen LogP contribution in [0.4, 0.5) is 0 Å². The molecule has 1 aliphatic heterocycles. The van der Waals surface area contributed by atoms with Crippen molar-refractivity contribution >= 4 is 21.1 Å². The molecule has 7 heteroatoms.